The van der Waals surface area contributed by atoms with Crippen LogP contribution in [0.2, 0.25) is 0 Å². The van der Waals surface area contributed by atoms with Crippen molar-refractivity contribution >= 4 is 5.78 Å². The molecule has 5 aliphatic carbocycles. The van der Waals surface area contributed by atoms with Crippen LogP contribution >= 0.6 is 0 Å². The van der Waals surface area contributed by atoms with Crippen molar-refractivity contribution in [2.24, 2.45) is 50.7 Å². The van der Waals surface area contributed by atoms with Crippen LogP contribution in [0.25, 0.3) is 0 Å². The Morgan fingerprint density at radius 3 is 2.42 bits per heavy atom. The first-order valence-corrected chi connectivity index (χ1v) is 14.8. The van der Waals surface area contributed by atoms with Crippen LogP contribution in [0.3, 0.4) is 0 Å². The van der Waals surface area contributed by atoms with E-state index in [2.05, 4.69) is 53.6 Å². The van der Waals surface area contributed by atoms with E-state index in [-0.39, 0.29) is 45.0 Å². The zero-order chi connectivity index (χ0) is 25.9. The number of aliphatic hydroxyl groups excluding tert-OH is 1. The first-order chi connectivity index (χ1) is 16.7. The number of hydrogen-bond donors (Lipinski definition) is 1. The Labute approximate surface area is 218 Å². The van der Waals surface area contributed by atoms with Crippen LogP contribution in [0.15, 0.2) is 10.7 Å². The monoisotopic (exact) mass is 495 g/mol. The van der Waals surface area contributed by atoms with Gasteiger partial charge < -0.3 is 9.63 Å². The summed E-state index contributed by atoms with van der Waals surface area (Å²) in [6.07, 6.45) is 12.8. The highest BCUT2D eigenvalue weighted by atomic mass is 16.5. The molecular formula is C32H49NO3. The van der Waals surface area contributed by atoms with Gasteiger partial charge in [0, 0.05) is 29.9 Å². The number of carbonyl (C=O) groups is 1. The van der Waals surface area contributed by atoms with Gasteiger partial charge in [0.15, 0.2) is 0 Å². The Morgan fingerprint density at radius 1 is 0.972 bits per heavy atom. The fraction of sp³-hybridized carbons (Fsp3) is 0.875. The average molecular weight is 496 g/mol. The molecule has 4 saturated carbocycles. The molecule has 0 aromatic carbocycles. The number of carbonyl (C=O) groups excluding carboxylic acids is 1. The van der Waals surface area contributed by atoms with Crippen molar-refractivity contribution in [3.63, 3.8) is 0 Å². The van der Waals surface area contributed by atoms with Crippen LogP contribution < -0.4 is 0 Å². The normalized spacial score (nSPS) is 48.7. The van der Waals surface area contributed by atoms with Crippen molar-refractivity contribution in [1.82, 2.24) is 5.16 Å². The van der Waals surface area contributed by atoms with Gasteiger partial charge in [0.25, 0.3) is 0 Å². The molecule has 0 unspecified atom stereocenters. The highest BCUT2D eigenvalue weighted by Crippen LogP contribution is 2.76. The molecule has 1 aromatic rings. The third-order valence-corrected chi connectivity index (χ3v) is 13.7. The molecule has 4 heteroatoms. The summed E-state index contributed by atoms with van der Waals surface area (Å²) in [4.78, 5) is 14.5. The molecule has 0 saturated heterocycles. The van der Waals surface area contributed by atoms with Crippen molar-refractivity contribution in [2.45, 2.75) is 118 Å². The molecule has 0 radical (unpaired) electrons. The molecule has 0 amide bonds. The van der Waals surface area contributed by atoms with Crippen molar-refractivity contribution in [3.05, 3.63) is 17.5 Å². The lowest BCUT2D eigenvalue weighted by atomic mass is 9.31. The van der Waals surface area contributed by atoms with E-state index in [0.717, 1.165) is 37.9 Å². The van der Waals surface area contributed by atoms with E-state index in [1.54, 1.807) is 0 Å². The summed E-state index contributed by atoms with van der Waals surface area (Å²) in [7, 11) is 0. The lowest BCUT2D eigenvalue weighted by molar-refractivity contribution is -0.230. The fourth-order valence-electron chi connectivity index (χ4n) is 11.8. The number of Topliss-reactive ketones (excluding diaryl/α,β-unsaturated/α-hetero) is 1. The highest BCUT2D eigenvalue weighted by Gasteiger charge is 2.72. The summed E-state index contributed by atoms with van der Waals surface area (Å²) in [6, 6.07) is 0. The quantitative estimate of drug-likeness (QED) is 0.474. The first-order valence-electron chi connectivity index (χ1n) is 14.8. The van der Waals surface area contributed by atoms with E-state index in [1.165, 1.54) is 37.7 Å². The van der Waals surface area contributed by atoms with Crippen LogP contribution in [0.5, 0.6) is 0 Å². The summed E-state index contributed by atoms with van der Waals surface area (Å²) in [5.41, 5.74) is 1.88. The molecular weight excluding hydrogens is 446 g/mol. The molecule has 0 bridgehead atoms. The highest BCUT2D eigenvalue weighted by molar-refractivity contribution is 5.84. The standard InChI is InChI=1S/C32H49NO3/c1-27(2)10-12-32(14-15-34)13-11-31(7)25(21(32)18-27)22(35)16-24-29(5)17-20-19-33-36-26(20)28(3,4)23(29)8-9-30(24,31)6/h19,21,23-25,34H,8-18H2,1-7H3/t21-,23-,24+,25-,29-,30+,31+,32+/m0/s1. The van der Waals surface area contributed by atoms with Crippen LogP contribution in [-0.4, -0.2) is 22.7 Å². The van der Waals surface area contributed by atoms with Crippen LogP contribution in [0, 0.1) is 50.7 Å². The second-order valence-electron chi connectivity index (χ2n) is 16.0. The third-order valence-electron chi connectivity index (χ3n) is 13.7. The lowest BCUT2D eigenvalue weighted by Gasteiger charge is -2.72. The van der Waals surface area contributed by atoms with Crippen LogP contribution in [0.4, 0.5) is 0 Å². The number of fused-ring (bicyclic) bond motifs is 8. The Hall–Kier alpha value is -1.16. The summed E-state index contributed by atoms with van der Waals surface area (Å²) in [6.45, 7) is 17.4. The van der Waals surface area contributed by atoms with Crippen molar-refractivity contribution in [2.75, 3.05) is 6.61 Å². The summed E-state index contributed by atoms with van der Waals surface area (Å²) >= 11 is 0. The predicted molar refractivity (Wildman–Crippen MR) is 141 cm³/mol. The maximum atomic E-state index is 14.5. The van der Waals surface area contributed by atoms with Gasteiger partial charge >= 0.3 is 0 Å². The molecule has 5 aliphatic rings. The smallest absolute Gasteiger partial charge is 0.145 e. The van der Waals surface area contributed by atoms with Gasteiger partial charge in [0.05, 0.1) is 6.20 Å². The molecule has 6 rings (SSSR count). The molecule has 8 atom stereocenters. The number of ketones is 1. The third kappa shape index (κ3) is 2.97. The maximum Gasteiger partial charge on any atom is 0.145 e. The number of rotatable bonds is 2. The predicted octanol–water partition coefficient (Wildman–Crippen LogP) is 7.13. The molecule has 0 spiro atoms. The topological polar surface area (TPSA) is 63.3 Å². The molecule has 1 N–H and O–H groups in total. The first kappa shape index (κ1) is 25.1. The van der Waals surface area contributed by atoms with E-state index in [4.69, 9.17) is 4.52 Å². The minimum Gasteiger partial charge on any atom is -0.396 e. The Balaban J connectivity index is 1.44. The van der Waals surface area contributed by atoms with Crippen molar-refractivity contribution in [3.8, 4) is 0 Å². The molecule has 1 aromatic heterocycles. The largest absolute Gasteiger partial charge is 0.396 e. The molecule has 4 nitrogen and oxygen atoms in total. The SMILES string of the molecule is CC1(C)CC[C@]2(CCO)CC[C@]3(C)[C@H](C(=O)C[C@@H]4[C@@]5(C)Cc6cnoc6C(C)(C)[C@@H]5CC[C@]43C)[C@@H]2C1. The number of hydrogen-bond acceptors (Lipinski definition) is 4. The van der Waals surface area contributed by atoms with Gasteiger partial charge in [0.1, 0.15) is 11.5 Å². The van der Waals surface area contributed by atoms with Gasteiger partial charge in [-0.3, -0.25) is 4.79 Å². The lowest BCUT2D eigenvalue weighted by Crippen LogP contribution is -2.69. The zero-order valence-electron chi connectivity index (χ0n) is 23.9. The molecule has 200 valence electrons. The van der Waals surface area contributed by atoms with Gasteiger partial charge in [-0.2, -0.15) is 0 Å². The molecule has 0 aliphatic heterocycles. The number of nitrogens with zero attached hydrogens (tertiary/aromatic N) is 1. The summed E-state index contributed by atoms with van der Waals surface area (Å²) in [5, 5.41) is 14.3. The Kier molecular flexibility index (Phi) is 5.22. The molecule has 36 heavy (non-hydrogen) atoms. The molecule has 4 fully saturated rings. The van der Waals surface area contributed by atoms with Crippen LogP contribution in [-0.2, 0) is 16.6 Å². The minimum atomic E-state index is -0.0583. The van der Waals surface area contributed by atoms with E-state index >= 15 is 0 Å². The average Bonchev–Trinajstić information content (AvgIpc) is 3.25. The number of aliphatic hydroxyl groups is 1. The van der Waals surface area contributed by atoms with E-state index in [9.17, 15) is 9.90 Å². The second kappa shape index (κ2) is 7.48. The maximum absolute atomic E-state index is 14.5. The second-order valence-corrected chi connectivity index (χ2v) is 16.0. The van der Waals surface area contributed by atoms with E-state index in [0.29, 0.717) is 23.5 Å². The van der Waals surface area contributed by atoms with Gasteiger partial charge in [-0.25, -0.2) is 0 Å². The van der Waals surface area contributed by atoms with Crippen molar-refractivity contribution in [1.29, 1.82) is 0 Å². The van der Waals surface area contributed by atoms with E-state index < -0.39 is 0 Å². The van der Waals surface area contributed by atoms with Crippen molar-refractivity contribution < 1.29 is 14.4 Å². The van der Waals surface area contributed by atoms with Gasteiger partial charge in [0.2, 0.25) is 0 Å². The Morgan fingerprint density at radius 2 is 1.69 bits per heavy atom. The molecule has 1 heterocycles. The minimum absolute atomic E-state index is 0.0249. The zero-order valence-corrected chi connectivity index (χ0v) is 23.9. The summed E-state index contributed by atoms with van der Waals surface area (Å²) < 4.78 is 5.83. The van der Waals surface area contributed by atoms with Gasteiger partial charge in [-0.05, 0) is 103 Å². The van der Waals surface area contributed by atoms with Crippen LogP contribution in [0.1, 0.15) is 118 Å². The van der Waals surface area contributed by atoms with Gasteiger partial charge in [-0.15, -0.1) is 0 Å². The number of aromatic nitrogens is 1. The fourth-order valence-corrected chi connectivity index (χ4v) is 11.8. The van der Waals surface area contributed by atoms with E-state index in [1.807, 2.05) is 6.20 Å². The summed E-state index contributed by atoms with van der Waals surface area (Å²) in [5.74, 6) is 3.07. The Bertz CT molecular complexity index is 1070. The van der Waals surface area contributed by atoms with Gasteiger partial charge in [-0.1, -0.05) is 53.6 Å².